The Morgan fingerprint density at radius 3 is 2.72 bits per heavy atom. The van der Waals surface area contributed by atoms with Crippen LogP contribution in [0.5, 0.6) is 0 Å². The zero-order valence-electron chi connectivity index (χ0n) is 10.9. The molecule has 0 radical (unpaired) electrons. The van der Waals surface area contributed by atoms with Gasteiger partial charge < -0.3 is 5.11 Å². The highest BCUT2D eigenvalue weighted by Crippen LogP contribution is 2.28. The van der Waals surface area contributed by atoms with E-state index in [4.69, 9.17) is 16.7 Å². The number of aromatic nitrogens is 2. The highest BCUT2D eigenvalue weighted by molar-refractivity contribution is 7.99. The van der Waals surface area contributed by atoms with Crippen LogP contribution in [-0.4, -0.2) is 26.1 Å². The molecule has 4 nitrogen and oxygen atoms in total. The zero-order chi connectivity index (χ0) is 13.7. The molecule has 0 fully saturated rings. The molecule has 0 bridgehead atoms. The number of thioether (sulfide) groups is 1. The fourth-order valence-corrected chi connectivity index (χ4v) is 3.09. The first kappa shape index (κ1) is 15.4. The van der Waals surface area contributed by atoms with E-state index < -0.39 is 5.97 Å². The monoisotopic (exact) mass is 290 g/mol. The standard InChI is InChI=1S/C12H19ClN2O2S/c1-4-9-12(13)10(15(5-2)14-9)7-18-8(3)6-11(16)17/h8H,4-7H2,1-3H3,(H,16,17). The van der Waals surface area contributed by atoms with Crippen molar-refractivity contribution in [1.29, 1.82) is 0 Å². The molecule has 6 heteroatoms. The van der Waals surface area contributed by atoms with Gasteiger partial charge in [-0.1, -0.05) is 25.4 Å². The van der Waals surface area contributed by atoms with Gasteiger partial charge in [-0.05, 0) is 13.3 Å². The van der Waals surface area contributed by atoms with E-state index in [1.807, 2.05) is 25.5 Å². The third-order valence-electron chi connectivity index (χ3n) is 2.66. The summed E-state index contributed by atoms with van der Waals surface area (Å²) in [5.74, 6) is -0.0620. The number of aliphatic carboxylic acids is 1. The number of carboxylic acids is 1. The molecule has 0 aliphatic carbocycles. The second-order valence-electron chi connectivity index (χ2n) is 4.10. The molecule has 0 saturated carbocycles. The van der Waals surface area contributed by atoms with Crippen LogP contribution >= 0.6 is 23.4 Å². The Bertz CT molecular complexity index is 420. The lowest BCUT2D eigenvalue weighted by Crippen LogP contribution is -2.08. The van der Waals surface area contributed by atoms with Crippen LogP contribution < -0.4 is 0 Å². The number of aryl methyl sites for hydroxylation is 2. The van der Waals surface area contributed by atoms with Crippen LogP contribution in [0.25, 0.3) is 0 Å². The fraction of sp³-hybridized carbons (Fsp3) is 0.667. The maximum atomic E-state index is 10.6. The van der Waals surface area contributed by atoms with Gasteiger partial charge in [0.15, 0.2) is 0 Å². The Labute approximate surface area is 117 Å². The smallest absolute Gasteiger partial charge is 0.304 e. The van der Waals surface area contributed by atoms with Crippen molar-refractivity contribution >= 4 is 29.3 Å². The number of halogens is 1. The van der Waals surface area contributed by atoms with E-state index in [2.05, 4.69) is 5.10 Å². The number of hydrogen-bond donors (Lipinski definition) is 1. The Kier molecular flexibility index (Phi) is 6.02. The molecule has 1 heterocycles. The van der Waals surface area contributed by atoms with E-state index in [1.54, 1.807) is 11.8 Å². The molecule has 1 aromatic rings. The second kappa shape index (κ2) is 7.04. The molecule has 0 spiro atoms. The van der Waals surface area contributed by atoms with Crippen molar-refractivity contribution in [3.05, 3.63) is 16.4 Å². The van der Waals surface area contributed by atoms with Crippen LogP contribution in [0.1, 0.15) is 38.6 Å². The van der Waals surface area contributed by atoms with Crippen molar-refractivity contribution < 1.29 is 9.90 Å². The summed E-state index contributed by atoms with van der Waals surface area (Å²) < 4.78 is 1.90. The van der Waals surface area contributed by atoms with Crippen LogP contribution in [0.3, 0.4) is 0 Å². The second-order valence-corrected chi connectivity index (χ2v) is 5.90. The summed E-state index contributed by atoms with van der Waals surface area (Å²) >= 11 is 7.88. The normalized spacial score (nSPS) is 12.7. The topological polar surface area (TPSA) is 55.1 Å². The summed E-state index contributed by atoms with van der Waals surface area (Å²) in [7, 11) is 0. The van der Waals surface area contributed by atoms with E-state index in [-0.39, 0.29) is 11.7 Å². The average Bonchev–Trinajstić information content (AvgIpc) is 2.62. The van der Waals surface area contributed by atoms with Crippen molar-refractivity contribution in [2.45, 2.75) is 51.2 Å². The number of carboxylic acid groups (broad SMARTS) is 1. The van der Waals surface area contributed by atoms with Crippen molar-refractivity contribution in [1.82, 2.24) is 9.78 Å². The van der Waals surface area contributed by atoms with Crippen molar-refractivity contribution in [3.63, 3.8) is 0 Å². The van der Waals surface area contributed by atoms with Gasteiger partial charge in [0.1, 0.15) is 0 Å². The lowest BCUT2D eigenvalue weighted by atomic mass is 10.3. The maximum Gasteiger partial charge on any atom is 0.304 e. The molecule has 1 aromatic heterocycles. The molecule has 1 atom stereocenters. The summed E-state index contributed by atoms with van der Waals surface area (Å²) in [6, 6.07) is 0. The minimum Gasteiger partial charge on any atom is -0.481 e. The summed E-state index contributed by atoms with van der Waals surface area (Å²) in [6.07, 6.45) is 0.983. The highest BCUT2D eigenvalue weighted by Gasteiger charge is 2.16. The predicted octanol–water partition coefficient (Wildman–Crippen LogP) is 3.22. The van der Waals surface area contributed by atoms with Crippen LogP contribution in [0.15, 0.2) is 0 Å². The van der Waals surface area contributed by atoms with E-state index in [9.17, 15) is 4.79 Å². The molecule has 1 unspecified atom stereocenters. The molecule has 0 aliphatic heterocycles. The minimum absolute atomic E-state index is 0.0730. The fourth-order valence-electron chi connectivity index (χ4n) is 1.68. The first-order valence-corrected chi connectivity index (χ1v) is 7.49. The first-order valence-electron chi connectivity index (χ1n) is 6.07. The highest BCUT2D eigenvalue weighted by atomic mass is 35.5. The Hall–Kier alpha value is -0.680. The van der Waals surface area contributed by atoms with E-state index in [0.717, 1.165) is 29.4 Å². The first-order chi connectivity index (χ1) is 8.49. The van der Waals surface area contributed by atoms with Gasteiger partial charge in [0.25, 0.3) is 0 Å². The van der Waals surface area contributed by atoms with Gasteiger partial charge in [-0.25, -0.2) is 0 Å². The molecule has 1 N–H and O–H groups in total. The van der Waals surface area contributed by atoms with Crippen molar-refractivity contribution in [3.8, 4) is 0 Å². The largest absolute Gasteiger partial charge is 0.481 e. The Morgan fingerprint density at radius 2 is 2.22 bits per heavy atom. The number of nitrogens with zero attached hydrogens (tertiary/aromatic N) is 2. The molecule has 1 rings (SSSR count). The van der Waals surface area contributed by atoms with Gasteiger partial charge in [0.05, 0.1) is 22.8 Å². The van der Waals surface area contributed by atoms with Crippen LogP contribution in [0, 0.1) is 0 Å². The zero-order valence-corrected chi connectivity index (χ0v) is 12.5. The molecule has 0 amide bonds. The number of rotatable bonds is 7. The molecular weight excluding hydrogens is 272 g/mol. The van der Waals surface area contributed by atoms with E-state index in [1.165, 1.54) is 0 Å². The third-order valence-corrected chi connectivity index (χ3v) is 4.27. The maximum absolute atomic E-state index is 10.6. The van der Waals surface area contributed by atoms with Crippen molar-refractivity contribution in [2.75, 3.05) is 0 Å². The number of carbonyl (C=O) groups is 1. The van der Waals surface area contributed by atoms with Gasteiger partial charge in [-0.2, -0.15) is 16.9 Å². The quantitative estimate of drug-likeness (QED) is 0.838. The lowest BCUT2D eigenvalue weighted by molar-refractivity contribution is -0.136. The molecule has 102 valence electrons. The summed E-state index contributed by atoms with van der Waals surface area (Å²) in [5.41, 5.74) is 1.92. The molecule has 0 aliphatic rings. The van der Waals surface area contributed by atoms with Gasteiger partial charge in [0.2, 0.25) is 0 Å². The third kappa shape index (κ3) is 3.92. The average molecular weight is 291 g/mol. The van der Waals surface area contributed by atoms with Crippen molar-refractivity contribution in [2.24, 2.45) is 0 Å². The van der Waals surface area contributed by atoms with Gasteiger partial charge >= 0.3 is 5.97 Å². The molecule has 18 heavy (non-hydrogen) atoms. The predicted molar refractivity (Wildman–Crippen MR) is 75.3 cm³/mol. The molecular formula is C12H19ClN2O2S. The van der Waals surface area contributed by atoms with Gasteiger partial charge in [-0.3, -0.25) is 9.48 Å². The van der Waals surface area contributed by atoms with Gasteiger partial charge in [-0.15, -0.1) is 0 Å². The summed E-state index contributed by atoms with van der Waals surface area (Å²) in [4.78, 5) is 10.6. The van der Waals surface area contributed by atoms with E-state index in [0.29, 0.717) is 5.75 Å². The summed E-state index contributed by atoms with van der Waals surface area (Å²) in [6.45, 7) is 6.75. The van der Waals surface area contributed by atoms with Crippen LogP contribution in [0.4, 0.5) is 0 Å². The van der Waals surface area contributed by atoms with E-state index >= 15 is 0 Å². The number of hydrogen-bond acceptors (Lipinski definition) is 3. The van der Waals surface area contributed by atoms with Gasteiger partial charge in [0, 0.05) is 17.5 Å². The van der Waals surface area contributed by atoms with Crippen LogP contribution in [-0.2, 0) is 23.5 Å². The lowest BCUT2D eigenvalue weighted by Gasteiger charge is -2.09. The Morgan fingerprint density at radius 1 is 1.56 bits per heavy atom. The SMILES string of the molecule is CCc1nn(CC)c(CSC(C)CC(=O)O)c1Cl. The minimum atomic E-state index is -0.764. The molecule has 0 saturated heterocycles. The summed E-state index contributed by atoms with van der Waals surface area (Å²) in [5, 5.41) is 14.0. The van der Waals surface area contributed by atoms with Crippen LogP contribution in [0.2, 0.25) is 5.02 Å². The Balaban J connectivity index is 2.71. The molecule has 0 aromatic carbocycles.